The zero-order chi connectivity index (χ0) is 10.4. The number of hydrogen-bond acceptors (Lipinski definition) is 4. The van der Waals surface area contributed by atoms with Crippen molar-refractivity contribution in [2.45, 2.75) is 6.92 Å². The average molecular weight is 182 g/mol. The van der Waals surface area contributed by atoms with Crippen LogP contribution in [0.15, 0.2) is 12.1 Å². The van der Waals surface area contributed by atoms with Crippen LogP contribution in [0.5, 0.6) is 0 Å². The summed E-state index contributed by atoms with van der Waals surface area (Å²) in [6, 6.07) is 3.27. The molecular formula is C9H14N2O2. The lowest BCUT2D eigenvalue weighted by Gasteiger charge is -2.03. The zero-order valence-corrected chi connectivity index (χ0v) is 7.74. The van der Waals surface area contributed by atoms with Crippen LogP contribution in [0.2, 0.25) is 0 Å². The van der Waals surface area contributed by atoms with Crippen molar-refractivity contribution in [2.24, 2.45) is 0 Å². The molecule has 0 radical (unpaired) electrons. The number of nitrogens with two attached hydrogens (primary N) is 2. The van der Waals surface area contributed by atoms with Crippen LogP contribution in [-0.4, -0.2) is 18.5 Å². The fourth-order valence-corrected chi connectivity index (χ4v) is 0.892. The first-order valence-corrected chi connectivity index (χ1v) is 3.70. The van der Waals surface area contributed by atoms with Gasteiger partial charge in [-0.25, -0.2) is 0 Å². The number of aryl methyl sites for hydroxylation is 1. The first kappa shape index (κ1) is 11.4. The fraction of sp³-hybridized carbons (Fsp3) is 0.222. The van der Waals surface area contributed by atoms with Gasteiger partial charge in [-0.3, -0.25) is 4.79 Å². The molecule has 72 valence electrons. The molecule has 0 fully saturated rings. The summed E-state index contributed by atoms with van der Waals surface area (Å²) in [6.45, 7) is 1.82. The van der Waals surface area contributed by atoms with Crippen LogP contribution in [-0.2, 0) is 0 Å². The maximum atomic E-state index is 10.4. The second-order valence-corrected chi connectivity index (χ2v) is 2.46. The Bertz CT molecular complexity index is 298. The van der Waals surface area contributed by atoms with Gasteiger partial charge in [-0.15, -0.1) is 0 Å². The molecule has 13 heavy (non-hydrogen) atoms. The van der Waals surface area contributed by atoms with Crippen molar-refractivity contribution in [3.63, 3.8) is 0 Å². The minimum absolute atomic E-state index is 0.456. The van der Waals surface area contributed by atoms with Gasteiger partial charge in [0, 0.05) is 12.7 Å². The van der Waals surface area contributed by atoms with E-state index in [1.165, 1.54) is 0 Å². The molecule has 0 atom stereocenters. The molecule has 0 unspecified atom stereocenters. The van der Waals surface area contributed by atoms with Crippen molar-refractivity contribution < 1.29 is 9.90 Å². The van der Waals surface area contributed by atoms with Gasteiger partial charge in [0.25, 0.3) is 0 Å². The monoisotopic (exact) mass is 182 g/mol. The number of rotatable bonds is 1. The highest BCUT2D eigenvalue weighted by Crippen LogP contribution is 2.18. The lowest BCUT2D eigenvalue weighted by Crippen LogP contribution is -1.97. The predicted molar refractivity (Wildman–Crippen MR) is 53.5 cm³/mol. The summed E-state index contributed by atoms with van der Waals surface area (Å²) in [4.78, 5) is 10.4. The molecule has 0 heterocycles. The Morgan fingerprint density at radius 3 is 2.15 bits per heavy atom. The number of benzene rings is 1. The van der Waals surface area contributed by atoms with Crippen molar-refractivity contribution in [2.75, 3.05) is 18.6 Å². The second-order valence-electron chi connectivity index (χ2n) is 2.46. The largest absolute Gasteiger partial charge is 0.400 e. The minimum Gasteiger partial charge on any atom is -0.400 e. The molecule has 0 aliphatic carbocycles. The molecule has 0 aliphatic heterocycles. The van der Waals surface area contributed by atoms with Gasteiger partial charge in [0.2, 0.25) is 0 Å². The number of aliphatic hydroxyl groups excluding tert-OH is 1. The fourth-order valence-electron chi connectivity index (χ4n) is 0.892. The summed E-state index contributed by atoms with van der Waals surface area (Å²) in [7, 11) is 1.00. The molecule has 0 aliphatic rings. The third-order valence-corrected chi connectivity index (χ3v) is 1.60. The lowest BCUT2D eigenvalue weighted by molar-refractivity contribution is 0.112. The van der Waals surface area contributed by atoms with Gasteiger partial charge in [0.1, 0.15) is 6.29 Å². The third-order valence-electron chi connectivity index (χ3n) is 1.60. The topological polar surface area (TPSA) is 89.3 Å². The Labute approximate surface area is 77.2 Å². The van der Waals surface area contributed by atoms with Gasteiger partial charge in [-0.2, -0.15) is 0 Å². The van der Waals surface area contributed by atoms with E-state index in [-0.39, 0.29) is 0 Å². The van der Waals surface area contributed by atoms with Gasteiger partial charge in [0.15, 0.2) is 0 Å². The number of carbonyl (C=O) groups is 1. The van der Waals surface area contributed by atoms with Crippen LogP contribution in [0.4, 0.5) is 11.4 Å². The molecule has 4 nitrogen and oxygen atoms in total. The van der Waals surface area contributed by atoms with E-state index in [0.717, 1.165) is 19.0 Å². The summed E-state index contributed by atoms with van der Waals surface area (Å²) in [5.41, 5.74) is 13.4. The molecule has 0 saturated heterocycles. The van der Waals surface area contributed by atoms with E-state index in [0.29, 0.717) is 16.9 Å². The van der Waals surface area contributed by atoms with Crippen LogP contribution in [0.3, 0.4) is 0 Å². The van der Waals surface area contributed by atoms with E-state index in [1.54, 1.807) is 12.1 Å². The van der Waals surface area contributed by atoms with Crippen LogP contribution in [0, 0.1) is 6.92 Å². The van der Waals surface area contributed by atoms with E-state index in [1.807, 2.05) is 6.92 Å². The van der Waals surface area contributed by atoms with Crippen molar-refractivity contribution >= 4 is 17.7 Å². The Morgan fingerprint density at radius 1 is 1.23 bits per heavy atom. The highest BCUT2D eigenvalue weighted by molar-refractivity contribution is 5.82. The molecule has 0 amide bonds. The van der Waals surface area contributed by atoms with Crippen LogP contribution >= 0.6 is 0 Å². The number of anilines is 2. The van der Waals surface area contributed by atoms with Crippen LogP contribution in [0.25, 0.3) is 0 Å². The molecule has 0 aromatic heterocycles. The van der Waals surface area contributed by atoms with Crippen LogP contribution in [0.1, 0.15) is 15.9 Å². The standard InChI is InChI=1S/C8H10N2O.CH4O/c1-5-2-7(9)8(10)3-6(5)4-11;1-2/h2-4H,9-10H2,1H3;2H,1H3. The number of aliphatic hydroxyl groups is 1. The maximum absolute atomic E-state index is 10.4. The Kier molecular flexibility index (Phi) is 4.54. The van der Waals surface area contributed by atoms with Gasteiger partial charge in [-0.05, 0) is 24.6 Å². The SMILES string of the molecule is CO.Cc1cc(N)c(N)cc1C=O. The van der Waals surface area contributed by atoms with Crippen molar-refractivity contribution in [3.8, 4) is 0 Å². The first-order chi connectivity index (χ1) is 6.15. The number of aldehydes is 1. The van der Waals surface area contributed by atoms with Crippen molar-refractivity contribution in [1.82, 2.24) is 0 Å². The molecule has 5 N–H and O–H groups in total. The van der Waals surface area contributed by atoms with Crippen LogP contribution < -0.4 is 11.5 Å². The number of carbonyl (C=O) groups excluding carboxylic acids is 1. The molecule has 0 bridgehead atoms. The summed E-state index contributed by atoms with van der Waals surface area (Å²) >= 11 is 0. The van der Waals surface area contributed by atoms with Gasteiger partial charge < -0.3 is 16.6 Å². The quantitative estimate of drug-likeness (QED) is 0.438. The van der Waals surface area contributed by atoms with E-state index >= 15 is 0 Å². The molecule has 1 aromatic rings. The zero-order valence-electron chi connectivity index (χ0n) is 7.74. The number of hydrogen-bond donors (Lipinski definition) is 3. The molecule has 4 heteroatoms. The molecular weight excluding hydrogens is 168 g/mol. The molecule has 0 saturated carbocycles. The second kappa shape index (κ2) is 5.16. The smallest absolute Gasteiger partial charge is 0.150 e. The van der Waals surface area contributed by atoms with E-state index in [4.69, 9.17) is 16.6 Å². The Hall–Kier alpha value is -1.55. The number of nitrogen functional groups attached to an aromatic ring is 2. The molecule has 0 spiro atoms. The van der Waals surface area contributed by atoms with E-state index in [9.17, 15) is 4.79 Å². The Morgan fingerprint density at radius 2 is 1.69 bits per heavy atom. The minimum atomic E-state index is 0.456. The highest BCUT2D eigenvalue weighted by atomic mass is 16.2. The molecule has 1 rings (SSSR count). The first-order valence-electron chi connectivity index (χ1n) is 3.70. The summed E-state index contributed by atoms with van der Waals surface area (Å²) in [6.07, 6.45) is 0.769. The van der Waals surface area contributed by atoms with Crippen molar-refractivity contribution in [1.29, 1.82) is 0 Å². The maximum Gasteiger partial charge on any atom is 0.150 e. The summed E-state index contributed by atoms with van der Waals surface area (Å²) in [5.74, 6) is 0. The van der Waals surface area contributed by atoms with E-state index < -0.39 is 0 Å². The van der Waals surface area contributed by atoms with Gasteiger partial charge in [0.05, 0.1) is 11.4 Å². The van der Waals surface area contributed by atoms with E-state index in [2.05, 4.69) is 0 Å². The summed E-state index contributed by atoms with van der Waals surface area (Å²) < 4.78 is 0. The van der Waals surface area contributed by atoms with Gasteiger partial charge >= 0.3 is 0 Å². The predicted octanol–water partition coefficient (Wildman–Crippen LogP) is 0.580. The van der Waals surface area contributed by atoms with Gasteiger partial charge in [-0.1, -0.05) is 0 Å². The third kappa shape index (κ3) is 2.76. The lowest BCUT2D eigenvalue weighted by atomic mass is 10.1. The van der Waals surface area contributed by atoms with Crippen molar-refractivity contribution in [3.05, 3.63) is 23.3 Å². The highest BCUT2D eigenvalue weighted by Gasteiger charge is 2.00. The average Bonchev–Trinajstić information content (AvgIpc) is 2.15. The summed E-state index contributed by atoms with van der Waals surface area (Å²) in [5, 5.41) is 7.00. The molecule has 1 aromatic carbocycles. The Balaban J connectivity index is 0.000000671. The normalized spacial score (nSPS) is 8.54.